The Bertz CT molecular complexity index is 481. The topological polar surface area (TPSA) is 38.1 Å². The molecule has 0 radical (unpaired) electrons. The van der Waals surface area contributed by atoms with E-state index in [-0.39, 0.29) is 6.04 Å². The van der Waals surface area contributed by atoms with E-state index >= 15 is 0 Å². The average Bonchev–Trinajstić information content (AvgIpc) is 2.64. The molecule has 0 aliphatic heterocycles. The quantitative estimate of drug-likeness (QED) is 0.926. The molecular formula is C12H13BrN2O. The van der Waals surface area contributed by atoms with Crippen LogP contribution in [-0.2, 0) is 0 Å². The molecule has 1 atom stereocenters. The van der Waals surface area contributed by atoms with Gasteiger partial charge < -0.3 is 9.73 Å². The van der Waals surface area contributed by atoms with Crippen LogP contribution in [0.25, 0.3) is 0 Å². The third-order valence-electron chi connectivity index (χ3n) is 2.30. The van der Waals surface area contributed by atoms with Crippen molar-refractivity contribution >= 4 is 21.6 Å². The van der Waals surface area contributed by atoms with Crippen LogP contribution in [-0.4, -0.2) is 4.98 Å². The molecule has 0 amide bonds. The zero-order valence-electron chi connectivity index (χ0n) is 9.20. The average molecular weight is 281 g/mol. The van der Waals surface area contributed by atoms with Crippen LogP contribution in [0.15, 0.2) is 39.7 Å². The Morgan fingerprint density at radius 3 is 2.88 bits per heavy atom. The number of hydrogen-bond donors (Lipinski definition) is 1. The molecule has 2 heterocycles. The number of hydrogen-bond acceptors (Lipinski definition) is 3. The Morgan fingerprint density at radius 1 is 1.44 bits per heavy atom. The van der Waals surface area contributed by atoms with Gasteiger partial charge in [-0.15, -0.1) is 0 Å². The van der Waals surface area contributed by atoms with Gasteiger partial charge in [-0.05, 0) is 47.5 Å². The number of nitrogens with one attached hydrogen (secondary N) is 1. The van der Waals surface area contributed by atoms with E-state index in [2.05, 4.69) is 32.3 Å². The zero-order valence-corrected chi connectivity index (χ0v) is 10.8. The second-order valence-electron chi connectivity index (χ2n) is 3.75. The third-order valence-corrected chi connectivity index (χ3v) is 2.95. The lowest BCUT2D eigenvalue weighted by Crippen LogP contribution is -2.06. The Balaban J connectivity index is 2.14. The minimum atomic E-state index is 0.105. The second-order valence-corrected chi connectivity index (χ2v) is 4.60. The van der Waals surface area contributed by atoms with Gasteiger partial charge in [-0.1, -0.05) is 0 Å². The molecule has 3 nitrogen and oxygen atoms in total. The maximum Gasteiger partial charge on any atom is 0.139 e. The fourth-order valence-corrected chi connectivity index (χ4v) is 2.11. The Hall–Kier alpha value is -1.29. The molecule has 4 heteroatoms. The lowest BCUT2D eigenvalue weighted by Gasteiger charge is -2.13. The zero-order chi connectivity index (χ0) is 11.5. The summed E-state index contributed by atoms with van der Waals surface area (Å²) in [6.45, 7) is 4.07. The molecule has 0 saturated heterocycles. The van der Waals surface area contributed by atoms with Crippen LogP contribution in [0.2, 0.25) is 0 Å². The lowest BCUT2D eigenvalue weighted by molar-refractivity contribution is 0.488. The number of furan rings is 1. The van der Waals surface area contributed by atoms with Gasteiger partial charge in [0.2, 0.25) is 0 Å². The molecule has 0 saturated carbocycles. The summed E-state index contributed by atoms with van der Waals surface area (Å²) in [6, 6.07) is 4.05. The summed E-state index contributed by atoms with van der Waals surface area (Å²) >= 11 is 3.45. The second kappa shape index (κ2) is 4.70. The van der Waals surface area contributed by atoms with Crippen molar-refractivity contribution in [1.82, 2.24) is 4.98 Å². The summed E-state index contributed by atoms with van der Waals surface area (Å²) in [6.07, 6.45) is 5.31. The Kier molecular flexibility index (Phi) is 3.29. The van der Waals surface area contributed by atoms with E-state index in [1.54, 1.807) is 12.5 Å². The highest BCUT2D eigenvalue weighted by atomic mass is 79.9. The molecule has 2 rings (SSSR count). The van der Waals surface area contributed by atoms with Crippen molar-refractivity contribution in [2.24, 2.45) is 0 Å². The SMILES string of the molecule is Cc1cncc(NC(C)c2occc2Br)c1. The van der Waals surface area contributed by atoms with Crippen molar-refractivity contribution in [3.63, 3.8) is 0 Å². The van der Waals surface area contributed by atoms with Crippen LogP contribution in [0.5, 0.6) is 0 Å². The van der Waals surface area contributed by atoms with Crippen molar-refractivity contribution in [1.29, 1.82) is 0 Å². The van der Waals surface area contributed by atoms with Crippen LogP contribution in [0.1, 0.15) is 24.3 Å². The van der Waals surface area contributed by atoms with Gasteiger partial charge in [0.15, 0.2) is 0 Å². The Labute approximate surface area is 103 Å². The molecule has 0 fully saturated rings. The maximum atomic E-state index is 5.40. The molecule has 0 aliphatic rings. The van der Waals surface area contributed by atoms with Gasteiger partial charge in [-0.3, -0.25) is 4.98 Å². The van der Waals surface area contributed by atoms with E-state index in [0.717, 1.165) is 21.5 Å². The fraction of sp³-hybridized carbons (Fsp3) is 0.250. The van der Waals surface area contributed by atoms with Gasteiger partial charge in [-0.2, -0.15) is 0 Å². The largest absolute Gasteiger partial charge is 0.466 e. The predicted molar refractivity (Wildman–Crippen MR) is 67.4 cm³/mol. The molecule has 2 aromatic rings. The van der Waals surface area contributed by atoms with Crippen LogP contribution in [0.4, 0.5) is 5.69 Å². The van der Waals surface area contributed by atoms with Gasteiger partial charge in [0.1, 0.15) is 5.76 Å². The highest BCUT2D eigenvalue weighted by Crippen LogP contribution is 2.26. The maximum absolute atomic E-state index is 5.40. The van der Waals surface area contributed by atoms with E-state index in [4.69, 9.17) is 4.42 Å². The number of nitrogens with zero attached hydrogens (tertiary/aromatic N) is 1. The van der Waals surface area contributed by atoms with Gasteiger partial charge in [0, 0.05) is 12.4 Å². The van der Waals surface area contributed by atoms with Crippen LogP contribution >= 0.6 is 15.9 Å². The van der Waals surface area contributed by atoms with Crippen molar-refractivity contribution in [2.45, 2.75) is 19.9 Å². The number of pyridine rings is 1. The monoisotopic (exact) mass is 280 g/mol. The lowest BCUT2D eigenvalue weighted by atomic mass is 10.2. The van der Waals surface area contributed by atoms with Crippen LogP contribution < -0.4 is 5.32 Å². The highest BCUT2D eigenvalue weighted by molar-refractivity contribution is 9.10. The van der Waals surface area contributed by atoms with Crippen LogP contribution in [0.3, 0.4) is 0 Å². The first-order valence-corrected chi connectivity index (χ1v) is 5.87. The van der Waals surface area contributed by atoms with Gasteiger partial charge >= 0.3 is 0 Å². The van der Waals surface area contributed by atoms with Gasteiger partial charge in [0.25, 0.3) is 0 Å². The summed E-state index contributed by atoms with van der Waals surface area (Å²) in [7, 11) is 0. The summed E-state index contributed by atoms with van der Waals surface area (Å²) in [5.74, 6) is 0.890. The normalized spacial score (nSPS) is 12.4. The van der Waals surface area contributed by atoms with Crippen molar-refractivity contribution in [3.05, 3.63) is 46.6 Å². The third kappa shape index (κ3) is 2.44. The van der Waals surface area contributed by atoms with Crippen molar-refractivity contribution in [2.75, 3.05) is 5.32 Å². The molecule has 0 aliphatic carbocycles. The van der Waals surface area contributed by atoms with Gasteiger partial charge in [-0.25, -0.2) is 0 Å². The first kappa shape index (κ1) is 11.2. The van der Waals surface area contributed by atoms with E-state index in [9.17, 15) is 0 Å². The minimum absolute atomic E-state index is 0.105. The number of anilines is 1. The Morgan fingerprint density at radius 2 is 2.25 bits per heavy atom. The number of aryl methyl sites for hydroxylation is 1. The molecule has 0 bridgehead atoms. The van der Waals surface area contributed by atoms with E-state index < -0.39 is 0 Å². The van der Waals surface area contributed by atoms with Crippen LogP contribution in [0, 0.1) is 6.92 Å². The number of halogens is 1. The summed E-state index contributed by atoms with van der Waals surface area (Å²) in [5, 5.41) is 3.34. The molecule has 0 aromatic carbocycles. The first-order chi connectivity index (χ1) is 7.66. The van der Waals surface area contributed by atoms with E-state index in [0.29, 0.717) is 0 Å². The molecular weight excluding hydrogens is 268 g/mol. The van der Waals surface area contributed by atoms with E-state index in [1.807, 2.05) is 26.1 Å². The predicted octanol–water partition coefficient (Wildman–Crippen LogP) is 3.92. The smallest absolute Gasteiger partial charge is 0.139 e. The number of rotatable bonds is 3. The minimum Gasteiger partial charge on any atom is -0.466 e. The highest BCUT2D eigenvalue weighted by Gasteiger charge is 2.12. The van der Waals surface area contributed by atoms with Crippen molar-refractivity contribution in [3.8, 4) is 0 Å². The standard InChI is InChI=1S/C12H13BrN2O/c1-8-5-10(7-14-6-8)15-9(2)12-11(13)3-4-16-12/h3-7,9,15H,1-2H3. The molecule has 2 aromatic heterocycles. The summed E-state index contributed by atoms with van der Waals surface area (Å²) in [4.78, 5) is 4.14. The number of aromatic nitrogens is 1. The fourth-order valence-electron chi connectivity index (χ4n) is 1.56. The van der Waals surface area contributed by atoms with Gasteiger partial charge in [0.05, 0.1) is 22.5 Å². The van der Waals surface area contributed by atoms with E-state index in [1.165, 1.54) is 0 Å². The molecule has 16 heavy (non-hydrogen) atoms. The van der Waals surface area contributed by atoms with Crippen molar-refractivity contribution < 1.29 is 4.42 Å². The summed E-state index contributed by atoms with van der Waals surface area (Å²) in [5.41, 5.74) is 2.13. The molecule has 0 spiro atoms. The molecule has 84 valence electrons. The molecule has 1 unspecified atom stereocenters. The summed E-state index contributed by atoms with van der Waals surface area (Å²) < 4.78 is 6.38. The molecule has 1 N–H and O–H groups in total. The first-order valence-electron chi connectivity index (χ1n) is 5.08.